The topological polar surface area (TPSA) is 36.9 Å². The average molecular weight is 352 g/mol. The summed E-state index contributed by atoms with van der Waals surface area (Å²) in [4.78, 5) is 0. The first-order valence-corrected chi connectivity index (χ1v) is 8.05. The Hall–Kier alpha value is -1.76. The van der Waals surface area contributed by atoms with Gasteiger partial charge in [0, 0.05) is 18.1 Å². The van der Waals surface area contributed by atoms with E-state index in [-0.39, 0.29) is 12.2 Å². The van der Waals surface area contributed by atoms with Crippen molar-refractivity contribution >= 4 is 10.8 Å². The van der Waals surface area contributed by atoms with Crippen LogP contribution in [-0.4, -0.2) is 25.1 Å². The SMILES string of the molecule is COCOc1cc(C2OC(C)(C)C(C)(C)O2)c2c(F)c(F)ccc2c1. The molecule has 1 saturated heterocycles. The van der Waals surface area contributed by atoms with Crippen molar-refractivity contribution in [3.63, 3.8) is 0 Å². The van der Waals surface area contributed by atoms with E-state index >= 15 is 0 Å². The summed E-state index contributed by atoms with van der Waals surface area (Å²) in [6.07, 6.45) is -0.838. The van der Waals surface area contributed by atoms with Gasteiger partial charge in [0.1, 0.15) is 5.75 Å². The number of hydrogen-bond acceptors (Lipinski definition) is 4. The van der Waals surface area contributed by atoms with Gasteiger partial charge in [-0.1, -0.05) is 6.07 Å². The number of methoxy groups -OCH3 is 1. The summed E-state index contributed by atoms with van der Waals surface area (Å²) < 4.78 is 50.8. The zero-order chi connectivity index (χ0) is 18.4. The quantitative estimate of drug-likeness (QED) is 0.747. The van der Waals surface area contributed by atoms with Crippen LogP contribution in [0.4, 0.5) is 8.78 Å². The second kappa shape index (κ2) is 6.20. The van der Waals surface area contributed by atoms with Crippen LogP contribution in [0, 0.1) is 11.6 Å². The molecule has 1 heterocycles. The average Bonchev–Trinajstić information content (AvgIpc) is 2.76. The number of fused-ring (bicyclic) bond motifs is 1. The van der Waals surface area contributed by atoms with Crippen molar-refractivity contribution < 1.29 is 27.7 Å². The lowest BCUT2D eigenvalue weighted by molar-refractivity contribution is -0.0888. The highest BCUT2D eigenvalue weighted by molar-refractivity contribution is 5.88. The molecule has 3 rings (SSSR count). The lowest BCUT2D eigenvalue weighted by Crippen LogP contribution is -2.41. The van der Waals surface area contributed by atoms with E-state index in [0.717, 1.165) is 6.07 Å². The lowest BCUT2D eigenvalue weighted by atomic mass is 9.90. The third kappa shape index (κ3) is 3.10. The molecular weight excluding hydrogens is 330 g/mol. The second-order valence-electron chi connectivity index (χ2n) is 7.11. The Labute approximate surface area is 145 Å². The van der Waals surface area contributed by atoms with Gasteiger partial charge in [-0.15, -0.1) is 0 Å². The zero-order valence-corrected chi connectivity index (χ0v) is 15.0. The van der Waals surface area contributed by atoms with Crippen LogP contribution < -0.4 is 4.74 Å². The van der Waals surface area contributed by atoms with Crippen molar-refractivity contribution in [2.45, 2.75) is 45.2 Å². The van der Waals surface area contributed by atoms with Gasteiger partial charge < -0.3 is 18.9 Å². The van der Waals surface area contributed by atoms with Crippen molar-refractivity contribution in [1.29, 1.82) is 0 Å². The molecule has 0 spiro atoms. The fourth-order valence-electron chi connectivity index (χ4n) is 2.77. The number of benzene rings is 2. The van der Waals surface area contributed by atoms with E-state index in [0.29, 0.717) is 16.7 Å². The van der Waals surface area contributed by atoms with Gasteiger partial charge in [-0.05, 0) is 51.3 Å². The van der Waals surface area contributed by atoms with Gasteiger partial charge >= 0.3 is 0 Å². The monoisotopic (exact) mass is 352 g/mol. The molecule has 0 atom stereocenters. The van der Waals surface area contributed by atoms with Crippen LogP contribution in [0.1, 0.15) is 39.5 Å². The molecule has 25 heavy (non-hydrogen) atoms. The summed E-state index contributed by atoms with van der Waals surface area (Å²) in [5, 5.41) is 0.625. The minimum atomic E-state index is -0.930. The Balaban J connectivity index is 2.16. The van der Waals surface area contributed by atoms with Crippen LogP contribution in [-0.2, 0) is 14.2 Å². The molecule has 0 N–H and O–H groups in total. The summed E-state index contributed by atoms with van der Waals surface area (Å²) in [6, 6.07) is 5.82. The van der Waals surface area contributed by atoms with Crippen LogP contribution in [0.25, 0.3) is 10.8 Å². The molecule has 0 unspecified atom stereocenters. The Morgan fingerprint density at radius 2 is 1.68 bits per heavy atom. The summed E-state index contributed by atoms with van der Waals surface area (Å²) in [7, 11) is 1.51. The molecule has 1 aliphatic heterocycles. The maximum absolute atomic E-state index is 14.5. The van der Waals surface area contributed by atoms with Crippen LogP contribution in [0.5, 0.6) is 5.75 Å². The van der Waals surface area contributed by atoms with Crippen LogP contribution in [0.2, 0.25) is 0 Å². The summed E-state index contributed by atoms with van der Waals surface area (Å²) in [5.74, 6) is -1.39. The zero-order valence-electron chi connectivity index (χ0n) is 15.0. The smallest absolute Gasteiger partial charge is 0.188 e. The van der Waals surface area contributed by atoms with Gasteiger partial charge in [0.05, 0.1) is 11.2 Å². The van der Waals surface area contributed by atoms with E-state index in [1.54, 1.807) is 12.1 Å². The first kappa shape index (κ1) is 18.0. The van der Waals surface area contributed by atoms with Crippen molar-refractivity contribution in [3.05, 3.63) is 41.5 Å². The molecule has 2 aromatic carbocycles. The third-order valence-electron chi connectivity index (χ3n) is 4.86. The summed E-state index contributed by atoms with van der Waals surface area (Å²) in [5.41, 5.74) is -0.812. The van der Waals surface area contributed by atoms with Gasteiger partial charge in [0.2, 0.25) is 0 Å². The summed E-state index contributed by atoms with van der Waals surface area (Å²) in [6.45, 7) is 7.64. The minimum Gasteiger partial charge on any atom is -0.468 e. The standard InChI is InChI=1S/C19H22F2O4/c1-18(2)19(3,4)25-17(24-18)13-9-12(23-10-22-5)8-11-6-7-14(20)16(21)15(11)13/h6-9,17H,10H2,1-5H3. The molecule has 2 aromatic rings. The molecule has 0 saturated carbocycles. The fraction of sp³-hybridized carbons (Fsp3) is 0.474. The number of ether oxygens (including phenoxy) is 4. The van der Waals surface area contributed by atoms with Gasteiger partial charge in [-0.25, -0.2) is 8.78 Å². The third-order valence-corrected chi connectivity index (χ3v) is 4.86. The second-order valence-corrected chi connectivity index (χ2v) is 7.11. The first-order valence-electron chi connectivity index (χ1n) is 8.05. The fourth-order valence-corrected chi connectivity index (χ4v) is 2.77. The van der Waals surface area contributed by atoms with Crippen LogP contribution in [0.15, 0.2) is 24.3 Å². The van der Waals surface area contributed by atoms with Crippen molar-refractivity contribution in [2.24, 2.45) is 0 Å². The van der Waals surface area contributed by atoms with E-state index in [9.17, 15) is 8.78 Å². The molecule has 1 fully saturated rings. The Morgan fingerprint density at radius 1 is 1.04 bits per heavy atom. The highest BCUT2D eigenvalue weighted by Crippen LogP contribution is 2.47. The maximum Gasteiger partial charge on any atom is 0.188 e. The van der Waals surface area contributed by atoms with E-state index in [2.05, 4.69) is 0 Å². The van der Waals surface area contributed by atoms with Crippen LogP contribution >= 0.6 is 0 Å². The molecular formula is C19H22F2O4. The van der Waals surface area contributed by atoms with E-state index in [1.165, 1.54) is 13.2 Å². The number of hydrogen-bond donors (Lipinski definition) is 0. The van der Waals surface area contributed by atoms with E-state index < -0.39 is 29.1 Å². The van der Waals surface area contributed by atoms with Gasteiger partial charge in [0.15, 0.2) is 24.7 Å². The highest BCUT2D eigenvalue weighted by Gasteiger charge is 2.50. The first-order chi connectivity index (χ1) is 11.7. The molecule has 1 aliphatic rings. The largest absolute Gasteiger partial charge is 0.468 e. The highest BCUT2D eigenvalue weighted by atomic mass is 19.2. The molecule has 0 radical (unpaired) electrons. The van der Waals surface area contributed by atoms with Crippen molar-refractivity contribution in [3.8, 4) is 5.75 Å². The van der Waals surface area contributed by atoms with Crippen molar-refractivity contribution in [1.82, 2.24) is 0 Å². The van der Waals surface area contributed by atoms with Gasteiger partial charge in [0.25, 0.3) is 0 Å². The van der Waals surface area contributed by atoms with Gasteiger partial charge in [-0.3, -0.25) is 0 Å². The molecule has 4 nitrogen and oxygen atoms in total. The van der Waals surface area contributed by atoms with Gasteiger partial charge in [-0.2, -0.15) is 0 Å². The predicted molar refractivity (Wildman–Crippen MR) is 89.4 cm³/mol. The Kier molecular flexibility index (Phi) is 4.47. The number of rotatable bonds is 4. The van der Waals surface area contributed by atoms with Crippen LogP contribution in [0.3, 0.4) is 0 Å². The minimum absolute atomic E-state index is 0.0397. The normalized spacial score (nSPS) is 19.5. The predicted octanol–water partition coefficient (Wildman–Crippen LogP) is 4.70. The lowest BCUT2D eigenvalue weighted by Gasteiger charge is -2.30. The maximum atomic E-state index is 14.5. The van der Waals surface area contributed by atoms with E-state index in [4.69, 9.17) is 18.9 Å². The molecule has 136 valence electrons. The number of halogens is 2. The van der Waals surface area contributed by atoms with Crippen molar-refractivity contribution in [2.75, 3.05) is 13.9 Å². The Morgan fingerprint density at radius 3 is 2.28 bits per heavy atom. The summed E-state index contributed by atoms with van der Waals surface area (Å²) >= 11 is 0. The molecule has 0 aromatic heterocycles. The van der Waals surface area contributed by atoms with E-state index in [1.807, 2.05) is 27.7 Å². The molecule has 0 bridgehead atoms. The molecule has 0 amide bonds. The molecule has 0 aliphatic carbocycles. The Bertz CT molecular complexity index is 786. The molecule has 6 heteroatoms.